The fourth-order valence-corrected chi connectivity index (χ4v) is 1.17. The van der Waals surface area contributed by atoms with Crippen molar-refractivity contribution in [2.75, 3.05) is 6.54 Å². The van der Waals surface area contributed by atoms with Gasteiger partial charge in [0.05, 0.1) is 0 Å². The number of nitrogens with one attached hydrogen (secondary N) is 1. The van der Waals surface area contributed by atoms with Gasteiger partial charge in [-0.3, -0.25) is 0 Å². The molecule has 1 N–H and O–H groups in total. The SMILES string of the molecule is C=C(C)CNCc1ccc(C)c(F)c1. The van der Waals surface area contributed by atoms with Crippen molar-refractivity contribution in [2.24, 2.45) is 0 Å². The number of rotatable bonds is 4. The van der Waals surface area contributed by atoms with Crippen LogP contribution in [0.5, 0.6) is 0 Å². The molecule has 0 saturated heterocycles. The molecule has 2 heteroatoms. The van der Waals surface area contributed by atoms with Crippen molar-refractivity contribution in [1.82, 2.24) is 5.32 Å². The highest BCUT2D eigenvalue weighted by molar-refractivity contribution is 5.23. The molecule has 1 aromatic carbocycles. The van der Waals surface area contributed by atoms with Crippen LogP contribution in [0.1, 0.15) is 18.1 Å². The largest absolute Gasteiger partial charge is 0.309 e. The van der Waals surface area contributed by atoms with Gasteiger partial charge in [-0.1, -0.05) is 24.3 Å². The molecule has 14 heavy (non-hydrogen) atoms. The zero-order valence-electron chi connectivity index (χ0n) is 8.73. The van der Waals surface area contributed by atoms with Crippen LogP contribution in [0.4, 0.5) is 4.39 Å². The molecule has 0 aliphatic heterocycles. The molecule has 0 aliphatic rings. The van der Waals surface area contributed by atoms with E-state index in [9.17, 15) is 4.39 Å². The number of hydrogen-bond donors (Lipinski definition) is 1. The van der Waals surface area contributed by atoms with Crippen molar-refractivity contribution in [3.63, 3.8) is 0 Å². The van der Waals surface area contributed by atoms with E-state index in [2.05, 4.69) is 11.9 Å². The quantitative estimate of drug-likeness (QED) is 0.725. The van der Waals surface area contributed by atoms with E-state index in [4.69, 9.17) is 0 Å². The number of halogens is 1. The Kier molecular flexibility index (Phi) is 3.84. The Hall–Kier alpha value is -1.15. The van der Waals surface area contributed by atoms with Gasteiger partial charge >= 0.3 is 0 Å². The first kappa shape index (κ1) is 10.9. The van der Waals surface area contributed by atoms with Crippen molar-refractivity contribution in [2.45, 2.75) is 20.4 Å². The predicted octanol–water partition coefficient (Wildman–Crippen LogP) is 2.80. The van der Waals surface area contributed by atoms with E-state index >= 15 is 0 Å². The van der Waals surface area contributed by atoms with Crippen LogP contribution in [0, 0.1) is 12.7 Å². The minimum Gasteiger partial charge on any atom is -0.309 e. The lowest BCUT2D eigenvalue weighted by Gasteiger charge is -2.05. The molecule has 76 valence electrons. The summed E-state index contributed by atoms with van der Waals surface area (Å²) in [6, 6.07) is 5.30. The molecule has 1 nitrogen and oxygen atoms in total. The smallest absolute Gasteiger partial charge is 0.126 e. The Balaban J connectivity index is 2.51. The minimum absolute atomic E-state index is 0.139. The third-order valence-electron chi connectivity index (χ3n) is 1.99. The second-order valence-corrected chi connectivity index (χ2v) is 3.64. The third-order valence-corrected chi connectivity index (χ3v) is 1.99. The molecule has 0 unspecified atom stereocenters. The first-order valence-corrected chi connectivity index (χ1v) is 4.69. The summed E-state index contributed by atoms with van der Waals surface area (Å²) in [5.41, 5.74) is 2.74. The Morgan fingerprint density at radius 3 is 2.79 bits per heavy atom. The first-order chi connectivity index (χ1) is 6.59. The third kappa shape index (κ3) is 3.30. The van der Waals surface area contributed by atoms with Gasteiger partial charge in [0.2, 0.25) is 0 Å². The molecule has 0 aromatic heterocycles. The fraction of sp³-hybridized carbons (Fsp3) is 0.333. The molecule has 1 aromatic rings. The van der Waals surface area contributed by atoms with Crippen molar-refractivity contribution in [3.05, 3.63) is 47.3 Å². The van der Waals surface area contributed by atoms with Gasteiger partial charge in [0, 0.05) is 13.1 Å². The van der Waals surface area contributed by atoms with Gasteiger partial charge in [0.25, 0.3) is 0 Å². The lowest BCUT2D eigenvalue weighted by atomic mass is 10.1. The Morgan fingerprint density at radius 2 is 2.21 bits per heavy atom. The summed E-state index contributed by atoms with van der Waals surface area (Å²) in [5, 5.41) is 3.18. The van der Waals surface area contributed by atoms with E-state index < -0.39 is 0 Å². The summed E-state index contributed by atoms with van der Waals surface area (Å²) in [6.45, 7) is 8.96. The summed E-state index contributed by atoms with van der Waals surface area (Å²) in [5.74, 6) is -0.139. The van der Waals surface area contributed by atoms with Gasteiger partial charge in [0.1, 0.15) is 5.82 Å². The number of benzene rings is 1. The Morgan fingerprint density at radius 1 is 1.50 bits per heavy atom. The van der Waals surface area contributed by atoms with E-state index in [1.165, 1.54) is 0 Å². The molecule has 0 radical (unpaired) electrons. The summed E-state index contributed by atoms with van der Waals surface area (Å²) < 4.78 is 13.1. The van der Waals surface area contributed by atoms with Crippen LogP contribution in [0.25, 0.3) is 0 Å². The van der Waals surface area contributed by atoms with Crippen molar-refractivity contribution < 1.29 is 4.39 Å². The normalized spacial score (nSPS) is 10.2. The molecule has 0 aliphatic carbocycles. The van der Waals surface area contributed by atoms with Crippen LogP contribution in [0.3, 0.4) is 0 Å². The molecule has 0 heterocycles. The van der Waals surface area contributed by atoms with Crippen LogP contribution in [0.2, 0.25) is 0 Å². The predicted molar refractivity (Wildman–Crippen MR) is 57.7 cm³/mol. The molecular weight excluding hydrogens is 177 g/mol. The van der Waals surface area contributed by atoms with Crippen LogP contribution < -0.4 is 5.32 Å². The molecule has 0 atom stereocenters. The highest BCUT2D eigenvalue weighted by atomic mass is 19.1. The van der Waals surface area contributed by atoms with Crippen molar-refractivity contribution in [1.29, 1.82) is 0 Å². The van der Waals surface area contributed by atoms with Gasteiger partial charge in [-0.25, -0.2) is 4.39 Å². The van der Waals surface area contributed by atoms with Crippen LogP contribution in [-0.2, 0) is 6.54 Å². The van der Waals surface area contributed by atoms with E-state index in [0.717, 1.165) is 17.7 Å². The van der Waals surface area contributed by atoms with Gasteiger partial charge in [-0.15, -0.1) is 0 Å². The molecule has 0 spiro atoms. The maximum Gasteiger partial charge on any atom is 0.126 e. The summed E-state index contributed by atoms with van der Waals surface area (Å²) in [6.07, 6.45) is 0. The maximum atomic E-state index is 13.1. The zero-order valence-corrected chi connectivity index (χ0v) is 8.73. The summed E-state index contributed by atoms with van der Waals surface area (Å²) >= 11 is 0. The number of aryl methyl sites for hydroxylation is 1. The molecule has 0 bridgehead atoms. The van der Waals surface area contributed by atoms with E-state index in [0.29, 0.717) is 12.1 Å². The van der Waals surface area contributed by atoms with Gasteiger partial charge in [-0.2, -0.15) is 0 Å². The number of hydrogen-bond acceptors (Lipinski definition) is 1. The lowest BCUT2D eigenvalue weighted by molar-refractivity contribution is 0.613. The van der Waals surface area contributed by atoms with Crippen molar-refractivity contribution >= 4 is 0 Å². The highest BCUT2D eigenvalue weighted by Gasteiger charge is 1.98. The zero-order chi connectivity index (χ0) is 10.6. The standard InChI is InChI=1S/C12H16FN/c1-9(2)7-14-8-11-5-4-10(3)12(13)6-11/h4-6,14H,1,7-8H2,2-3H3. The van der Waals surface area contributed by atoms with Crippen LogP contribution >= 0.6 is 0 Å². The highest BCUT2D eigenvalue weighted by Crippen LogP contribution is 2.08. The maximum absolute atomic E-state index is 13.1. The average molecular weight is 193 g/mol. The van der Waals surface area contributed by atoms with Gasteiger partial charge in [0.15, 0.2) is 0 Å². The topological polar surface area (TPSA) is 12.0 Å². The molecular formula is C12H16FN. The second kappa shape index (κ2) is 4.91. The molecule has 1 rings (SSSR count). The van der Waals surface area contributed by atoms with Crippen LogP contribution in [0.15, 0.2) is 30.4 Å². The van der Waals surface area contributed by atoms with E-state index in [1.807, 2.05) is 13.0 Å². The molecule has 0 saturated carbocycles. The van der Waals surface area contributed by atoms with E-state index in [-0.39, 0.29) is 5.82 Å². The minimum atomic E-state index is -0.139. The molecule has 0 amide bonds. The first-order valence-electron chi connectivity index (χ1n) is 4.69. The van der Waals surface area contributed by atoms with Gasteiger partial charge < -0.3 is 5.32 Å². The molecule has 0 fully saturated rings. The van der Waals surface area contributed by atoms with Crippen LogP contribution in [-0.4, -0.2) is 6.54 Å². The average Bonchev–Trinajstić information content (AvgIpc) is 2.10. The van der Waals surface area contributed by atoms with Gasteiger partial charge in [-0.05, 0) is 31.0 Å². The monoisotopic (exact) mass is 193 g/mol. The Bertz CT molecular complexity index is 331. The summed E-state index contributed by atoms with van der Waals surface area (Å²) in [4.78, 5) is 0. The Labute approximate surface area is 84.6 Å². The van der Waals surface area contributed by atoms with Crippen molar-refractivity contribution in [3.8, 4) is 0 Å². The second-order valence-electron chi connectivity index (χ2n) is 3.64. The summed E-state index contributed by atoms with van der Waals surface area (Å²) in [7, 11) is 0. The lowest BCUT2D eigenvalue weighted by Crippen LogP contribution is -2.15. The fourth-order valence-electron chi connectivity index (χ4n) is 1.17. The van der Waals surface area contributed by atoms with E-state index in [1.54, 1.807) is 19.1 Å².